The summed E-state index contributed by atoms with van der Waals surface area (Å²) in [6.45, 7) is 6.87. The topological polar surface area (TPSA) is 77.0 Å². The molecule has 2 aliphatic rings. The predicted molar refractivity (Wildman–Crippen MR) is 170 cm³/mol. The lowest BCUT2D eigenvalue weighted by atomic mass is 9.64. The van der Waals surface area contributed by atoms with E-state index in [0.717, 1.165) is 67.2 Å². The molecule has 1 saturated carbocycles. The molecular formula is C35H32N4O2S. The fraction of sp³-hybridized carbons (Fsp3) is 0.314. The van der Waals surface area contributed by atoms with E-state index in [4.69, 9.17) is 14.7 Å². The molecule has 6 nitrogen and oxygen atoms in total. The summed E-state index contributed by atoms with van der Waals surface area (Å²) >= 11 is 1.49. The molecule has 42 heavy (non-hydrogen) atoms. The number of para-hydroxylation sites is 1. The molecule has 3 heterocycles. The zero-order valence-corrected chi connectivity index (χ0v) is 24.8. The van der Waals surface area contributed by atoms with Crippen molar-refractivity contribution in [2.45, 2.75) is 58.0 Å². The highest BCUT2D eigenvalue weighted by atomic mass is 32.1. The molecule has 0 spiro atoms. The Morgan fingerprint density at radius 2 is 1.71 bits per heavy atom. The number of nitrogens with one attached hydrogen (secondary N) is 1. The van der Waals surface area contributed by atoms with Crippen LogP contribution in [0.25, 0.3) is 43.1 Å². The first-order valence-electron chi connectivity index (χ1n) is 14.8. The third kappa shape index (κ3) is 4.13. The van der Waals surface area contributed by atoms with Gasteiger partial charge in [0, 0.05) is 22.3 Å². The molecule has 1 aliphatic heterocycles. The van der Waals surface area contributed by atoms with Gasteiger partial charge < -0.3 is 10.1 Å². The number of rotatable bonds is 3. The minimum Gasteiger partial charge on any atom is -0.487 e. The van der Waals surface area contributed by atoms with Gasteiger partial charge in [-0.2, -0.15) is 0 Å². The van der Waals surface area contributed by atoms with Crippen LogP contribution >= 0.6 is 11.3 Å². The summed E-state index contributed by atoms with van der Waals surface area (Å²) in [4.78, 5) is 28.0. The normalized spacial score (nSPS) is 21.3. The van der Waals surface area contributed by atoms with Gasteiger partial charge >= 0.3 is 0 Å². The fourth-order valence-corrected chi connectivity index (χ4v) is 8.21. The highest BCUT2D eigenvalue weighted by Crippen LogP contribution is 2.56. The number of carbonyl (C=O) groups is 1. The number of hydrogen-bond acceptors (Lipinski definition) is 6. The van der Waals surface area contributed by atoms with Crippen LogP contribution in [0.4, 0.5) is 5.13 Å². The molecule has 1 amide bonds. The van der Waals surface area contributed by atoms with Gasteiger partial charge in [-0.15, -0.1) is 0 Å². The standard InChI is InChI=1S/C35H32N4O2S/c1-19-12-14-24-23(16-19)30-32-31(21-8-4-5-9-22(21)33(30)41-35(24,2)3)36-25-15-13-20(17-27(25)37-32)18-29(40)39-34-38-26-10-6-7-11-28(26)42-34/h4-11,13,15,17,19,23-24H,12,14,16,18H2,1-3H3,(H,38,39,40)/t19-,23-,24-/m0/s1. The highest BCUT2D eigenvalue weighted by Gasteiger charge is 2.47. The average molecular weight is 573 g/mol. The summed E-state index contributed by atoms with van der Waals surface area (Å²) in [5.41, 5.74) is 6.25. The Labute approximate surface area is 248 Å². The molecule has 210 valence electrons. The number of hydrogen-bond donors (Lipinski definition) is 1. The van der Waals surface area contributed by atoms with Crippen LogP contribution in [0, 0.1) is 11.8 Å². The van der Waals surface area contributed by atoms with Gasteiger partial charge in [0.15, 0.2) is 5.13 Å². The highest BCUT2D eigenvalue weighted by molar-refractivity contribution is 7.22. The van der Waals surface area contributed by atoms with Crippen molar-refractivity contribution in [3.63, 3.8) is 0 Å². The number of fused-ring (bicyclic) bond motifs is 10. The van der Waals surface area contributed by atoms with Crippen LogP contribution < -0.4 is 10.1 Å². The third-order valence-corrected chi connectivity index (χ3v) is 10.3. The number of carbonyl (C=O) groups excluding carboxylic acids is 1. The van der Waals surface area contributed by atoms with Crippen LogP contribution in [0.1, 0.15) is 57.1 Å². The zero-order chi connectivity index (χ0) is 28.6. The van der Waals surface area contributed by atoms with E-state index in [0.29, 0.717) is 22.9 Å². The maximum Gasteiger partial charge on any atom is 0.230 e. The lowest BCUT2D eigenvalue weighted by Gasteiger charge is -2.49. The minimum absolute atomic E-state index is 0.0970. The Balaban J connectivity index is 1.23. The summed E-state index contributed by atoms with van der Waals surface area (Å²) in [5, 5.41) is 5.77. The van der Waals surface area contributed by atoms with Crippen molar-refractivity contribution in [2.24, 2.45) is 11.8 Å². The molecular weight excluding hydrogens is 540 g/mol. The van der Waals surface area contributed by atoms with E-state index in [1.54, 1.807) is 0 Å². The Hall–Kier alpha value is -4.10. The van der Waals surface area contributed by atoms with Crippen molar-refractivity contribution in [1.82, 2.24) is 15.0 Å². The van der Waals surface area contributed by atoms with Crippen LogP contribution in [0.3, 0.4) is 0 Å². The van der Waals surface area contributed by atoms with E-state index in [1.807, 2.05) is 42.5 Å². The minimum atomic E-state index is -0.248. The zero-order valence-electron chi connectivity index (χ0n) is 24.0. The van der Waals surface area contributed by atoms with Crippen molar-refractivity contribution in [1.29, 1.82) is 0 Å². The quantitative estimate of drug-likeness (QED) is 0.170. The van der Waals surface area contributed by atoms with E-state index in [1.165, 1.54) is 23.3 Å². The fourth-order valence-electron chi connectivity index (χ4n) is 7.32. The van der Waals surface area contributed by atoms with Gasteiger partial charge in [-0.1, -0.05) is 67.1 Å². The molecule has 2 aromatic heterocycles. The predicted octanol–water partition coefficient (Wildman–Crippen LogP) is 8.42. The first-order chi connectivity index (χ1) is 20.3. The lowest BCUT2D eigenvalue weighted by Crippen LogP contribution is -2.46. The van der Waals surface area contributed by atoms with E-state index in [9.17, 15) is 4.79 Å². The summed E-state index contributed by atoms with van der Waals surface area (Å²) < 4.78 is 7.94. The second-order valence-electron chi connectivity index (χ2n) is 12.6. The molecule has 0 saturated heterocycles. The van der Waals surface area contributed by atoms with Crippen molar-refractivity contribution in [3.8, 4) is 5.75 Å². The van der Waals surface area contributed by atoms with Crippen LogP contribution in [0.2, 0.25) is 0 Å². The molecule has 7 heteroatoms. The molecule has 1 N–H and O–H groups in total. The maximum absolute atomic E-state index is 13.0. The van der Waals surface area contributed by atoms with Gasteiger partial charge in [0.1, 0.15) is 11.4 Å². The summed E-state index contributed by atoms with van der Waals surface area (Å²) in [5.74, 6) is 2.33. The Bertz CT molecular complexity index is 2020. The number of thiazole rings is 1. The Morgan fingerprint density at radius 1 is 0.929 bits per heavy atom. The van der Waals surface area contributed by atoms with Gasteiger partial charge in [0.05, 0.1) is 38.7 Å². The van der Waals surface area contributed by atoms with Crippen molar-refractivity contribution >= 4 is 65.4 Å². The van der Waals surface area contributed by atoms with Gasteiger partial charge in [-0.3, -0.25) is 4.79 Å². The van der Waals surface area contributed by atoms with Gasteiger partial charge in [0.25, 0.3) is 0 Å². The Morgan fingerprint density at radius 3 is 2.57 bits per heavy atom. The lowest BCUT2D eigenvalue weighted by molar-refractivity contribution is -0.115. The molecule has 1 fully saturated rings. The maximum atomic E-state index is 13.0. The van der Waals surface area contributed by atoms with E-state index in [-0.39, 0.29) is 17.9 Å². The molecule has 1 aliphatic carbocycles. The monoisotopic (exact) mass is 572 g/mol. The molecule has 0 radical (unpaired) electrons. The van der Waals surface area contributed by atoms with Crippen molar-refractivity contribution in [3.05, 3.63) is 77.9 Å². The summed E-state index contributed by atoms with van der Waals surface area (Å²) in [7, 11) is 0. The van der Waals surface area contributed by atoms with Gasteiger partial charge in [-0.05, 0) is 68.4 Å². The second kappa shape index (κ2) is 9.46. The number of benzene rings is 4. The molecule has 6 aromatic rings. The largest absolute Gasteiger partial charge is 0.487 e. The SMILES string of the molecule is C[C@H]1CC[C@H]2[C@H](C1)c1c(c3ccccc3c3nc4ccc(CC(=O)Nc5nc6ccccc6s5)cc4nc13)OC2(C)C. The number of anilines is 1. The smallest absolute Gasteiger partial charge is 0.230 e. The van der Waals surface area contributed by atoms with Crippen LogP contribution in [0.5, 0.6) is 5.75 Å². The number of amides is 1. The van der Waals surface area contributed by atoms with Gasteiger partial charge in [0.2, 0.25) is 5.91 Å². The number of nitrogens with zero attached hydrogens (tertiary/aromatic N) is 3. The summed E-state index contributed by atoms with van der Waals surface area (Å²) in [6.07, 6.45) is 3.75. The number of ether oxygens (including phenoxy) is 1. The average Bonchev–Trinajstić information content (AvgIpc) is 3.38. The van der Waals surface area contributed by atoms with Crippen LogP contribution in [0.15, 0.2) is 66.7 Å². The van der Waals surface area contributed by atoms with Gasteiger partial charge in [-0.25, -0.2) is 15.0 Å². The van der Waals surface area contributed by atoms with Crippen LogP contribution in [-0.2, 0) is 11.2 Å². The first kappa shape index (κ1) is 25.6. The molecule has 0 bridgehead atoms. The first-order valence-corrected chi connectivity index (χ1v) is 15.6. The van der Waals surface area contributed by atoms with E-state index < -0.39 is 0 Å². The summed E-state index contributed by atoms with van der Waals surface area (Å²) in [6, 6.07) is 22.3. The van der Waals surface area contributed by atoms with Crippen LogP contribution in [-0.4, -0.2) is 26.5 Å². The Kier molecular flexibility index (Phi) is 5.77. The molecule has 8 rings (SSSR count). The second-order valence-corrected chi connectivity index (χ2v) is 13.6. The van der Waals surface area contributed by atoms with E-state index >= 15 is 0 Å². The van der Waals surface area contributed by atoms with E-state index in [2.05, 4.69) is 55.3 Å². The number of aromatic nitrogens is 3. The third-order valence-electron chi connectivity index (χ3n) is 9.30. The molecule has 3 atom stereocenters. The van der Waals surface area contributed by atoms with Crippen molar-refractivity contribution < 1.29 is 9.53 Å². The van der Waals surface area contributed by atoms with Crippen molar-refractivity contribution in [2.75, 3.05) is 5.32 Å². The molecule has 0 unspecified atom stereocenters. The molecule has 4 aromatic carbocycles.